The number of hydrogen-bond acceptors (Lipinski definition) is 2. The number of nitrogens with one attached hydrogen (secondary N) is 1. The first-order valence-electron chi connectivity index (χ1n) is 5.85. The normalized spacial score (nSPS) is 22.1. The maximum Gasteiger partial charge on any atom is 0.216 e. The zero-order valence-electron chi connectivity index (χ0n) is 10.4. The van der Waals surface area contributed by atoms with E-state index < -0.39 is 0 Å². The molecule has 92 valence electrons. The molecule has 0 radical (unpaired) electrons. The summed E-state index contributed by atoms with van der Waals surface area (Å²) in [6, 6.07) is 0. The van der Waals surface area contributed by atoms with Gasteiger partial charge in [0.25, 0.3) is 0 Å². The van der Waals surface area contributed by atoms with Crippen molar-refractivity contribution in [2.75, 3.05) is 19.9 Å². The van der Waals surface area contributed by atoms with Crippen molar-refractivity contribution < 1.29 is 9.32 Å². The molecule has 0 aliphatic heterocycles. The molecular formula is C12H22NO2P. The zero-order valence-corrected chi connectivity index (χ0v) is 11.3. The highest BCUT2D eigenvalue weighted by Gasteiger charge is 2.22. The van der Waals surface area contributed by atoms with Crippen LogP contribution < -0.4 is 5.32 Å². The minimum Gasteiger partial charge on any atom is -0.354 e. The van der Waals surface area contributed by atoms with Gasteiger partial charge in [-0.25, -0.2) is 0 Å². The highest BCUT2D eigenvalue weighted by molar-refractivity contribution is 7.50. The molecule has 0 heterocycles. The molecule has 4 heteroatoms. The minimum absolute atomic E-state index is 0.0184. The van der Waals surface area contributed by atoms with E-state index in [2.05, 4.69) is 30.8 Å². The summed E-state index contributed by atoms with van der Waals surface area (Å²) in [4.78, 5) is 10.9. The largest absolute Gasteiger partial charge is 0.354 e. The van der Waals surface area contributed by atoms with E-state index in [4.69, 9.17) is 4.52 Å². The van der Waals surface area contributed by atoms with E-state index in [0.29, 0.717) is 12.5 Å². The molecule has 0 spiro atoms. The van der Waals surface area contributed by atoms with E-state index in [1.54, 1.807) is 6.92 Å². The lowest BCUT2D eigenvalue weighted by atomic mass is 9.91. The van der Waals surface area contributed by atoms with E-state index in [-0.39, 0.29) is 20.2 Å². The number of carbonyl (C=O) groups is 1. The fourth-order valence-electron chi connectivity index (χ4n) is 1.93. The molecule has 0 saturated heterocycles. The Hall–Kier alpha value is -0.400. The summed E-state index contributed by atoms with van der Waals surface area (Å²) in [5.74, 6) is 0.482. The second-order valence-electron chi connectivity index (χ2n) is 4.42. The standard InChI is InChI=1S/C12H22NO2P/c1-10(14)13-9-12(15-16(2)3)11-7-5-4-6-8-11/h5,7,11-12H,4,6,8-9H2,1-3H3,(H,13,14)/t11-,12-/m1/s1. The van der Waals surface area contributed by atoms with Crippen LogP contribution in [-0.2, 0) is 9.32 Å². The first kappa shape index (κ1) is 13.7. The highest BCUT2D eigenvalue weighted by atomic mass is 31.1. The molecule has 3 nitrogen and oxygen atoms in total. The van der Waals surface area contributed by atoms with Gasteiger partial charge in [-0.2, -0.15) is 0 Å². The van der Waals surface area contributed by atoms with Crippen molar-refractivity contribution >= 4 is 14.1 Å². The van der Waals surface area contributed by atoms with Crippen LogP contribution in [0.15, 0.2) is 12.2 Å². The van der Waals surface area contributed by atoms with Gasteiger partial charge in [0, 0.05) is 27.5 Å². The SMILES string of the molecule is CC(=O)NC[C@@H](OP(C)C)[C@@H]1C=CCCC1. The third kappa shape index (κ3) is 5.09. The fourth-order valence-corrected chi connectivity index (χ4v) is 2.70. The minimum atomic E-state index is -0.381. The van der Waals surface area contributed by atoms with Crippen LogP contribution in [0.4, 0.5) is 0 Å². The lowest BCUT2D eigenvalue weighted by molar-refractivity contribution is -0.119. The van der Waals surface area contributed by atoms with Gasteiger partial charge in [0.1, 0.15) is 0 Å². The van der Waals surface area contributed by atoms with E-state index in [1.807, 2.05) is 0 Å². The monoisotopic (exact) mass is 243 g/mol. The molecule has 1 aliphatic carbocycles. The topological polar surface area (TPSA) is 38.3 Å². The van der Waals surface area contributed by atoms with Gasteiger partial charge in [-0.3, -0.25) is 4.79 Å². The van der Waals surface area contributed by atoms with Gasteiger partial charge in [0.2, 0.25) is 5.91 Å². The van der Waals surface area contributed by atoms with Crippen molar-refractivity contribution in [3.63, 3.8) is 0 Å². The van der Waals surface area contributed by atoms with Gasteiger partial charge in [0.15, 0.2) is 0 Å². The molecule has 2 atom stereocenters. The number of rotatable bonds is 5. The molecule has 1 rings (SSSR count). The van der Waals surface area contributed by atoms with E-state index in [1.165, 1.54) is 19.3 Å². The average molecular weight is 243 g/mol. The third-order valence-corrected chi connectivity index (χ3v) is 3.36. The Kier molecular flexibility index (Phi) is 6.00. The molecule has 0 aromatic rings. The number of carbonyl (C=O) groups excluding carboxylic acids is 1. The summed E-state index contributed by atoms with van der Waals surface area (Å²) in [5.41, 5.74) is 0. The van der Waals surface area contributed by atoms with Crippen LogP contribution in [0.1, 0.15) is 26.2 Å². The molecular weight excluding hydrogens is 221 g/mol. The van der Waals surface area contributed by atoms with E-state index in [9.17, 15) is 4.79 Å². The maximum absolute atomic E-state index is 10.9. The van der Waals surface area contributed by atoms with Gasteiger partial charge < -0.3 is 9.84 Å². The predicted molar refractivity (Wildman–Crippen MR) is 68.8 cm³/mol. The Morgan fingerprint density at radius 3 is 2.88 bits per heavy atom. The van der Waals surface area contributed by atoms with Crippen LogP contribution in [0, 0.1) is 5.92 Å². The van der Waals surface area contributed by atoms with Gasteiger partial charge in [-0.15, -0.1) is 0 Å². The molecule has 16 heavy (non-hydrogen) atoms. The van der Waals surface area contributed by atoms with Crippen LogP contribution >= 0.6 is 8.15 Å². The van der Waals surface area contributed by atoms with Crippen molar-refractivity contribution in [3.8, 4) is 0 Å². The molecule has 1 amide bonds. The fraction of sp³-hybridized carbons (Fsp3) is 0.750. The Balaban J connectivity index is 2.51. The molecule has 0 fully saturated rings. The van der Waals surface area contributed by atoms with Crippen LogP contribution in [0.2, 0.25) is 0 Å². The molecule has 0 aromatic heterocycles. The first-order chi connectivity index (χ1) is 7.59. The second-order valence-corrected chi connectivity index (χ2v) is 6.25. The summed E-state index contributed by atoms with van der Waals surface area (Å²) < 4.78 is 5.94. The molecule has 1 aliphatic rings. The number of hydrogen-bond donors (Lipinski definition) is 1. The second kappa shape index (κ2) is 7.03. The molecule has 0 unspecified atom stereocenters. The molecule has 0 bridgehead atoms. The van der Waals surface area contributed by atoms with Gasteiger partial charge in [-0.1, -0.05) is 12.2 Å². The lowest BCUT2D eigenvalue weighted by Crippen LogP contribution is -2.36. The van der Waals surface area contributed by atoms with Crippen molar-refractivity contribution in [3.05, 3.63) is 12.2 Å². The van der Waals surface area contributed by atoms with Crippen molar-refractivity contribution in [1.82, 2.24) is 5.32 Å². The molecule has 0 saturated carbocycles. The quantitative estimate of drug-likeness (QED) is 0.595. The summed E-state index contributed by atoms with van der Waals surface area (Å²) >= 11 is 0. The highest BCUT2D eigenvalue weighted by Crippen LogP contribution is 2.33. The Bertz CT molecular complexity index is 253. The Morgan fingerprint density at radius 1 is 1.62 bits per heavy atom. The average Bonchev–Trinajstić information content (AvgIpc) is 2.25. The Morgan fingerprint density at radius 2 is 2.38 bits per heavy atom. The van der Waals surface area contributed by atoms with E-state index in [0.717, 1.165) is 0 Å². The number of amides is 1. The third-order valence-electron chi connectivity index (χ3n) is 2.67. The Labute approximate surface area is 99.5 Å². The smallest absolute Gasteiger partial charge is 0.216 e. The van der Waals surface area contributed by atoms with Crippen molar-refractivity contribution in [2.45, 2.75) is 32.3 Å². The lowest BCUT2D eigenvalue weighted by Gasteiger charge is -2.28. The maximum atomic E-state index is 10.9. The van der Waals surface area contributed by atoms with Crippen molar-refractivity contribution in [1.29, 1.82) is 0 Å². The van der Waals surface area contributed by atoms with E-state index >= 15 is 0 Å². The molecule has 1 N–H and O–H groups in total. The van der Waals surface area contributed by atoms with Crippen LogP contribution in [0.3, 0.4) is 0 Å². The summed E-state index contributed by atoms with van der Waals surface area (Å²) in [6.07, 6.45) is 8.19. The number of allylic oxidation sites excluding steroid dienone is 1. The summed E-state index contributed by atoms with van der Waals surface area (Å²) in [5, 5.41) is 2.86. The van der Waals surface area contributed by atoms with Gasteiger partial charge >= 0.3 is 0 Å². The van der Waals surface area contributed by atoms with Crippen LogP contribution in [-0.4, -0.2) is 31.9 Å². The zero-order chi connectivity index (χ0) is 12.0. The summed E-state index contributed by atoms with van der Waals surface area (Å²) in [6.45, 7) is 6.38. The van der Waals surface area contributed by atoms with Crippen molar-refractivity contribution in [2.24, 2.45) is 5.92 Å². The summed E-state index contributed by atoms with van der Waals surface area (Å²) in [7, 11) is -0.381. The first-order valence-corrected chi connectivity index (χ1v) is 8.00. The van der Waals surface area contributed by atoms with Gasteiger partial charge in [-0.05, 0) is 32.6 Å². The molecule has 0 aromatic carbocycles. The van der Waals surface area contributed by atoms with Crippen LogP contribution in [0.5, 0.6) is 0 Å². The van der Waals surface area contributed by atoms with Gasteiger partial charge in [0.05, 0.1) is 6.10 Å². The predicted octanol–water partition coefficient (Wildman–Crippen LogP) is 2.52. The van der Waals surface area contributed by atoms with Crippen LogP contribution in [0.25, 0.3) is 0 Å².